The quantitative estimate of drug-likeness (QED) is 0.774. The Bertz CT molecular complexity index is 675. The minimum absolute atomic E-state index is 0.0590. The van der Waals surface area contributed by atoms with E-state index in [0.29, 0.717) is 6.54 Å². The molecule has 2 aromatic rings. The molecule has 1 aromatic carbocycles. The van der Waals surface area contributed by atoms with Crippen LogP contribution in [-0.2, 0) is 6.42 Å². The standard InChI is InChI=1S/C20H30N4O/c1-2-24(15-7-14-23-12-5-6-13-23)20(25)21-11-10-17-16-22-19-9-4-3-8-18(17)19/h3-4,8-9,16,22H,2,5-7,10-15H2,1H3,(H,21,25). The number of amides is 2. The van der Waals surface area contributed by atoms with Crippen molar-refractivity contribution in [2.45, 2.75) is 32.6 Å². The summed E-state index contributed by atoms with van der Waals surface area (Å²) < 4.78 is 0. The van der Waals surface area contributed by atoms with Gasteiger partial charge in [0.15, 0.2) is 0 Å². The van der Waals surface area contributed by atoms with Gasteiger partial charge in [0.05, 0.1) is 0 Å². The van der Waals surface area contributed by atoms with Gasteiger partial charge >= 0.3 is 6.03 Å². The molecule has 136 valence electrons. The predicted octanol–water partition coefficient (Wildman–Crippen LogP) is 3.23. The van der Waals surface area contributed by atoms with E-state index >= 15 is 0 Å². The summed E-state index contributed by atoms with van der Waals surface area (Å²) in [6, 6.07) is 8.35. The van der Waals surface area contributed by atoms with E-state index in [-0.39, 0.29) is 6.03 Å². The van der Waals surface area contributed by atoms with Crippen LogP contribution in [0.5, 0.6) is 0 Å². The largest absolute Gasteiger partial charge is 0.361 e. The van der Waals surface area contributed by atoms with E-state index in [2.05, 4.69) is 40.3 Å². The average Bonchev–Trinajstić information content (AvgIpc) is 3.29. The van der Waals surface area contributed by atoms with Gasteiger partial charge in [0.1, 0.15) is 0 Å². The Morgan fingerprint density at radius 3 is 2.88 bits per heavy atom. The molecular weight excluding hydrogens is 312 g/mol. The highest BCUT2D eigenvalue weighted by molar-refractivity contribution is 5.83. The van der Waals surface area contributed by atoms with E-state index in [1.165, 1.54) is 36.9 Å². The number of nitrogens with zero attached hydrogens (tertiary/aromatic N) is 2. The maximum atomic E-state index is 12.4. The molecule has 5 heteroatoms. The Kier molecular flexibility index (Phi) is 6.34. The fourth-order valence-electron chi connectivity index (χ4n) is 3.65. The zero-order chi connectivity index (χ0) is 17.5. The number of rotatable bonds is 8. The van der Waals surface area contributed by atoms with E-state index in [0.717, 1.165) is 38.0 Å². The van der Waals surface area contributed by atoms with E-state index < -0.39 is 0 Å². The van der Waals surface area contributed by atoms with E-state index in [1.54, 1.807) is 0 Å². The maximum absolute atomic E-state index is 12.4. The number of carbonyl (C=O) groups is 1. The van der Waals surface area contributed by atoms with Gasteiger partial charge in [0.25, 0.3) is 0 Å². The van der Waals surface area contributed by atoms with E-state index in [9.17, 15) is 4.79 Å². The molecule has 1 fully saturated rings. The summed E-state index contributed by atoms with van der Waals surface area (Å²) in [5.41, 5.74) is 2.41. The van der Waals surface area contributed by atoms with Crippen LogP contribution in [0.25, 0.3) is 10.9 Å². The predicted molar refractivity (Wildman–Crippen MR) is 103 cm³/mol. The molecule has 0 spiro atoms. The molecule has 1 aliphatic rings. The van der Waals surface area contributed by atoms with Crippen molar-refractivity contribution < 1.29 is 4.79 Å². The first-order valence-corrected chi connectivity index (χ1v) is 9.58. The van der Waals surface area contributed by atoms with Crippen molar-refractivity contribution in [1.82, 2.24) is 20.1 Å². The van der Waals surface area contributed by atoms with Gasteiger partial charge in [-0.3, -0.25) is 0 Å². The van der Waals surface area contributed by atoms with Crippen molar-refractivity contribution in [2.24, 2.45) is 0 Å². The summed E-state index contributed by atoms with van der Waals surface area (Å²) in [5.74, 6) is 0. The summed E-state index contributed by atoms with van der Waals surface area (Å²) in [6.45, 7) is 7.88. The molecule has 1 saturated heterocycles. The molecular formula is C20H30N4O. The molecule has 0 saturated carbocycles. The zero-order valence-electron chi connectivity index (χ0n) is 15.3. The number of hydrogen-bond donors (Lipinski definition) is 2. The molecule has 0 bridgehead atoms. The third kappa shape index (κ3) is 4.75. The number of urea groups is 1. The summed E-state index contributed by atoms with van der Waals surface area (Å²) in [6.07, 6.45) is 6.60. The summed E-state index contributed by atoms with van der Waals surface area (Å²) in [4.78, 5) is 20.1. The number of aromatic nitrogens is 1. The lowest BCUT2D eigenvalue weighted by molar-refractivity contribution is 0.196. The Morgan fingerprint density at radius 1 is 1.28 bits per heavy atom. The number of H-pyrrole nitrogens is 1. The monoisotopic (exact) mass is 342 g/mol. The second-order valence-electron chi connectivity index (χ2n) is 6.82. The molecule has 2 amide bonds. The summed E-state index contributed by atoms with van der Waals surface area (Å²) in [5, 5.41) is 4.32. The highest BCUT2D eigenvalue weighted by Gasteiger charge is 2.14. The molecule has 25 heavy (non-hydrogen) atoms. The van der Waals surface area contributed by atoms with Crippen LogP contribution >= 0.6 is 0 Å². The molecule has 2 heterocycles. The highest BCUT2D eigenvalue weighted by Crippen LogP contribution is 2.17. The number of likely N-dealkylation sites (tertiary alicyclic amines) is 1. The van der Waals surface area contributed by atoms with Gasteiger partial charge in [-0.2, -0.15) is 0 Å². The number of para-hydroxylation sites is 1. The van der Waals surface area contributed by atoms with Crippen LogP contribution in [0, 0.1) is 0 Å². The Hall–Kier alpha value is -2.01. The number of benzene rings is 1. The van der Waals surface area contributed by atoms with Crippen LogP contribution in [0.15, 0.2) is 30.5 Å². The number of aromatic amines is 1. The van der Waals surface area contributed by atoms with Crippen LogP contribution in [0.2, 0.25) is 0 Å². The van der Waals surface area contributed by atoms with Crippen LogP contribution in [0.4, 0.5) is 4.79 Å². The summed E-state index contributed by atoms with van der Waals surface area (Å²) >= 11 is 0. The first-order chi connectivity index (χ1) is 12.3. The summed E-state index contributed by atoms with van der Waals surface area (Å²) in [7, 11) is 0. The maximum Gasteiger partial charge on any atom is 0.317 e. The van der Waals surface area contributed by atoms with Crippen LogP contribution in [0.1, 0.15) is 31.7 Å². The molecule has 2 N–H and O–H groups in total. The number of hydrogen-bond acceptors (Lipinski definition) is 2. The molecule has 0 atom stereocenters. The van der Waals surface area contributed by atoms with Gasteiger partial charge in [-0.25, -0.2) is 4.79 Å². The van der Waals surface area contributed by atoms with Gasteiger partial charge in [0.2, 0.25) is 0 Å². The lowest BCUT2D eigenvalue weighted by atomic mass is 10.1. The van der Waals surface area contributed by atoms with Crippen molar-refractivity contribution in [3.63, 3.8) is 0 Å². The van der Waals surface area contributed by atoms with Gasteiger partial charge in [-0.15, -0.1) is 0 Å². The Balaban J connectivity index is 1.40. The molecule has 0 aliphatic carbocycles. The van der Waals surface area contributed by atoms with Crippen LogP contribution in [-0.4, -0.2) is 60.1 Å². The highest BCUT2D eigenvalue weighted by atomic mass is 16.2. The SMILES string of the molecule is CCN(CCCN1CCCC1)C(=O)NCCc1c[nH]c2ccccc12. The third-order valence-electron chi connectivity index (χ3n) is 5.12. The minimum Gasteiger partial charge on any atom is -0.361 e. The number of nitrogens with one attached hydrogen (secondary N) is 2. The number of fused-ring (bicyclic) bond motifs is 1. The Morgan fingerprint density at radius 2 is 2.08 bits per heavy atom. The van der Waals surface area contributed by atoms with Gasteiger partial charge in [0, 0.05) is 36.7 Å². The van der Waals surface area contributed by atoms with Crippen molar-refractivity contribution in [3.05, 3.63) is 36.0 Å². The topological polar surface area (TPSA) is 51.4 Å². The Labute approximate surface area is 150 Å². The van der Waals surface area contributed by atoms with E-state index in [1.807, 2.05) is 17.2 Å². The first kappa shape index (κ1) is 17.8. The fraction of sp³-hybridized carbons (Fsp3) is 0.550. The van der Waals surface area contributed by atoms with Gasteiger partial charge in [-0.05, 0) is 63.9 Å². The molecule has 0 unspecified atom stereocenters. The average molecular weight is 342 g/mol. The molecule has 1 aromatic heterocycles. The van der Waals surface area contributed by atoms with Crippen molar-refractivity contribution in [2.75, 3.05) is 39.3 Å². The lowest BCUT2D eigenvalue weighted by Crippen LogP contribution is -2.41. The van der Waals surface area contributed by atoms with Crippen LogP contribution in [0.3, 0.4) is 0 Å². The smallest absolute Gasteiger partial charge is 0.317 e. The zero-order valence-corrected chi connectivity index (χ0v) is 15.3. The second-order valence-corrected chi connectivity index (χ2v) is 6.82. The van der Waals surface area contributed by atoms with E-state index in [4.69, 9.17) is 0 Å². The second kappa shape index (κ2) is 8.90. The lowest BCUT2D eigenvalue weighted by Gasteiger charge is -2.23. The molecule has 1 aliphatic heterocycles. The first-order valence-electron chi connectivity index (χ1n) is 9.58. The molecule has 0 radical (unpaired) electrons. The van der Waals surface area contributed by atoms with Gasteiger partial charge in [-0.1, -0.05) is 18.2 Å². The number of carbonyl (C=O) groups excluding carboxylic acids is 1. The normalized spacial score (nSPS) is 14.9. The molecule has 5 nitrogen and oxygen atoms in total. The van der Waals surface area contributed by atoms with Crippen LogP contribution < -0.4 is 5.32 Å². The van der Waals surface area contributed by atoms with Gasteiger partial charge < -0.3 is 20.1 Å². The third-order valence-corrected chi connectivity index (χ3v) is 5.12. The molecule has 3 rings (SSSR count). The van der Waals surface area contributed by atoms with Crippen molar-refractivity contribution in [1.29, 1.82) is 0 Å². The minimum atomic E-state index is 0.0590. The van der Waals surface area contributed by atoms with Crippen molar-refractivity contribution >= 4 is 16.9 Å². The fourth-order valence-corrected chi connectivity index (χ4v) is 3.65. The van der Waals surface area contributed by atoms with Crippen molar-refractivity contribution in [3.8, 4) is 0 Å².